The second kappa shape index (κ2) is 14.6. The van der Waals surface area contributed by atoms with E-state index in [0.717, 1.165) is 77.8 Å². The molecule has 0 bridgehead atoms. The molecule has 0 radical (unpaired) electrons. The van der Waals surface area contributed by atoms with E-state index in [0.29, 0.717) is 18.9 Å². The van der Waals surface area contributed by atoms with Crippen LogP contribution in [0, 0.1) is 5.92 Å². The van der Waals surface area contributed by atoms with Crippen LogP contribution in [0.5, 0.6) is 0 Å². The van der Waals surface area contributed by atoms with E-state index >= 15 is 0 Å². The van der Waals surface area contributed by atoms with Crippen molar-refractivity contribution in [3.8, 4) is 0 Å². The van der Waals surface area contributed by atoms with E-state index in [2.05, 4.69) is 46.7 Å². The molecule has 2 N–H and O–H groups in total. The maximum atomic E-state index is 12.4. The summed E-state index contributed by atoms with van der Waals surface area (Å²) in [6.45, 7) is 11.0. The Bertz CT molecular complexity index is 667. The molecule has 2 aliphatic rings. The number of benzene rings is 1. The molecule has 31 heavy (non-hydrogen) atoms. The predicted octanol–water partition coefficient (Wildman–Crippen LogP) is 1.97. The summed E-state index contributed by atoms with van der Waals surface area (Å²) in [5.74, 6) is 1.42. The number of nitrogens with one attached hydrogen (secondary N) is 2. The molecule has 174 valence electrons. The monoisotopic (exact) mass is 543 g/mol. The van der Waals surface area contributed by atoms with Crippen molar-refractivity contribution in [3.63, 3.8) is 0 Å². The number of aliphatic imine (C=N–C) groups is 1. The van der Waals surface area contributed by atoms with Gasteiger partial charge < -0.3 is 20.3 Å². The summed E-state index contributed by atoms with van der Waals surface area (Å²) < 4.78 is 5.40. The van der Waals surface area contributed by atoms with Crippen molar-refractivity contribution in [2.75, 3.05) is 65.6 Å². The van der Waals surface area contributed by atoms with Gasteiger partial charge in [0.05, 0.1) is 13.2 Å². The number of amides is 1. The quantitative estimate of drug-likeness (QED) is 0.205. The summed E-state index contributed by atoms with van der Waals surface area (Å²) in [6.07, 6.45) is 2.60. The first-order chi connectivity index (χ1) is 14.7. The fourth-order valence-corrected chi connectivity index (χ4v) is 4.00. The Balaban J connectivity index is 0.00000341. The SMILES string of the molecule is CCNC(=NCC1CC(=O)N(CCc2ccccc2)C1)NCCCN1CCOCC1.I. The average Bonchev–Trinajstić information content (AvgIpc) is 3.14. The lowest BCUT2D eigenvalue weighted by molar-refractivity contribution is -0.127. The van der Waals surface area contributed by atoms with E-state index in [1.165, 1.54) is 5.56 Å². The molecular weight excluding hydrogens is 505 g/mol. The fourth-order valence-electron chi connectivity index (χ4n) is 4.00. The number of hydrogen-bond donors (Lipinski definition) is 2. The van der Waals surface area contributed by atoms with E-state index in [1.54, 1.807) is 0 Å². The molecule has 1 amide bonds. The van der Waals surface area contributed by atoms with Crippen molar-refractivity contribution in [2.24, 2.45) is 10.9 Å². The van der Waals surface area contributed by atoms with Crippen LogP contribution in [0.2, 0.25) is 0 Å². The zero-order valence-corrected chi connectivity index (χ0v) is 21.1. The smallest absolute Gasteiger partial charge is 0.223 e. The molecule has 0 saturated carbocycles. The van der Waals surface area contributed by atoms with Crippen LogP contribution in [-0.4, -0.2) is 87.2 Å². The number of ether oxygens (including phenoxy) is 1. The Morgan fingerprint density at radius 3 is 2.68 bits per heavy atom. The molecule has 8 heteroatoms. The maximum absolute atomic E-state index is 12.4. The van der Waals surface area contributed by atoms with Crippen molar-refractivity contribution < 1.29 is 9.53 Å². The van der Waals surface area contributed by atoms with Gasteiger partial charge in [-0.2, -0.15) is 0 Å². The Labute approximate surface area is 204 Å². The minimum absolute atomic E-state index is 0. The van der Waals surface area contributed by atoms with Crippen molar-refractivity contribution >= 4 is 35.8 Å². The highest BCUT2D eigenvalue weighted by atomic mass is 127. The maximum Gasteiger partial charge on any atom is 0.223 e. The Kier molecular flexibility index (Phi) is 12.2. The van der Waals surface area contributed by atoms with Crippen molar-refractivity contribution in [1.82, 2.24) is 20.4 Å². The van der Waals surface area contributed by atoms with Crippen molar-refractivity contribution in [2.45, 2.75) is 26.2 Å². The van der Waals surface area contributed by atoms with Crippen molar-refractivity contribution in [3.05, 3.63) is 35.9 Å². The lowest BCUT2D eigenvalue weighted by atomic mass is 10.1. The number of rotatable bonds is 10. The number of carbonyl (C=O) groups is 1. The second-order valence-corrected chi connectivity index (χ2v) is 8.10. The largest absolute Gasteiger partial charge is 0.379 e. The Hall–Kier alpha value is -1.39. The molecular formula is C23H38IN5O2. The number of halogens is 1. The minimum Gasteiger partial charge on any atom is -0.379 e. The highest BCUT2D eigenvalue weighted by molar-refractivity contribution is 14.0. The van der Waals surface area contributed by atoms with Crippen molar-refractivity contribution in [1.29, 1.82) is 0 Å². The van der Waals surface area contributed by atoms with Gasteiger partial charge in [0, 0.05) is 58.2 Å². The standard InChI is InChI=1S/C23H37N5O2.HI/c1-2-24-23(25-10-6-11-27-13-15-30-16-14-27)26-18-21-17-22(29)28(19-21)12-9-20-7-4-3-5-8-20;/h3-5,7-8,21H,2,6,9-19H2,1H3,(H2,24,25,26);1H. The molecule has 0 spiro atoms. The molecule has 2 aliphatic heterocycles. The summed E-state index contributed by atoms with van der Waals surface area (Å²) in [6, 6.07) is 10.4. The van der Waals surface area contributed by atoms with Crippen LogP contribution in [0.15, 0.2) is 35.3 Å². The van der Waals surface area contributed by atoms with Gasteiger partial charge in [0.2, 0.25) is 5.91 Å². The molecule has 3 rings (SSSR count). The third-order valence-electron chi connectivity index (χ3n) is 5.71. The minimum atomic E-state index is 0. The fraction of sp³-hybridized carbons (Fsp3) is 0.652. The summed E-state index contributed by atoms with van der Waals surface area (Å²) in [5, 5.41) is 6.76. The lowest BCUT2D eigenvalue weighted by Crippen LogP contribution is -2.41. The second-order valence-electron chi connectivity index (χ2n) is 8.10. The van der Waals surface area contributed by atoms with Gasteiger partial charge in [-0.05, 0) is 31.9 Å². The van der Waals surface area contributed by atoms with Gasteiger partial charge >= 0.3 is 0 Å². The Morgan fingerprint density at radius 2 is 1.94 bits per heavy atom. The average molecular weight is 543 g/mol. The van der Waals surface area contributed by atoms with Gasteiger partial charge in [0.1, 0.15) is 0 Å². The van der Waals surface area contributed by atoms with E-state index in [-0.39, 0.29) is 29.9 Å². The zero-order chi connectivity index (χ0) is 21.0. The number of hydrogen-bond acceptors (Lipinski definition) is 4. The first kappa shape index (κ1) is 25.9. The molecule has 0 aliphatic carbocycles. The highest BCUT2D eigenvalue weighted by Crippen LogP contribution is 2.18. The highest BCUT2D eigenvalue weighted by Gasteiger charge is 2.29. The van der Waals surface area contributed by atoms with Gasteiger partial charge in [0.25, 0.3) is 0 Å². The summed E-state index contributed by atoms with van der Waals surface area (Å²) in [4.78, 5) is 21.6. The van der Waals surface area contributed by atoms with Crippen LogP contribution in [0.1, 0.15) is 25.3 Å². The van der Waals surface area contributed by atoms with Gasteiger partial charge in [0.15, 0.2) is 5.96 Å². The molecule has 1 aromatic carbocycles. The van der Waals surface area contributed by atoms with E-state index in [4.69, 9.17) is 9.73 Å². The van der Waals surface area contributed by atoms with Gasteiger partial charge in [-0.1, -0.05) is 30.3 Å². The van der Waals surface area contributed by atoms with Crippen LogP contribution >= 0.6 is 24.0 Å². The topological polar surface area (TPSA) is 69.2 Å². The lowest BCUT2D eigenvalue weighted by Gasteiger charge is -2.26. The van der Waals surface area contributed by atoms with Crippen LogP contribution in [0.4, 0.5) is 0 Å². The zero-order valence-electron chi connectivity index (χ0n) is 18.7. The first-order valence-corrected chi connectivity index (χ1v) is 11.4. The number of nitrogens with zero attached hydrogens (tertiary/aromatic N) is 3. The van der Waals surface area contributed by atoms with Crippen LogP contribution < -0.4 is 10.6 Å². The normalized spacial score (nSPS) is 19.9. The molecule has 1 aromatic rings. The molecule has 2 saturated heterocycles. The van der Waals surface area contributed by atoms with Crippen LogP contribution in [0.25, 0.3) is 0 Å². The molecule has 7 nitrogen and oxygen atoms in total. The number of guanidine groups is 1. The molecule has 1 atom stereocenters. The number of morpholine rings is 1. The third-order valence-corrected chi connectivity index (χ3v) is 5.71. The summed E-state index contributed by atoms with van der Waals surface area (Å²) in [7, 11) is 0. The predicted molar refractivity (Wildman–Crippen MR) is 136 cm³/mol. The van der Waals surface area contributed by atoms with Crippen LogP contribution in [-0.2, 0) is 16.0 Å². The summed E-state index contributed by atoms with van der Waals surface area (Å²) >= 11 is 0. The number of carbonyl (C=O) groups excluding carboxylic acids is 1. The van der Waals surface area contributed by atoms with Gasteiger partial charge in [-0.3, -0.25) is 14.7 Å². The number of likely N-dealkylation sites (tertiary alicyclic amines) is 1. The van der Waals surface area contributed by atoms with E-state index < -0.39 is 0 Å². The molecule has 1 unspecified atom stereocenters. The van der Waals surface area contributed by atoms with Gasteiger partial charge in [-0.15, -0.1) is 24.0 Å². The van der Waals surface area contributed by atoms with Crippen LogP contribution in [0.3, 0.4) is 0 Å². The third kappa shape index (κ3) is 9.33. The first-order valence-electron chi connectivity index (χ1n) is 11.4. The Morgan fingerprint density at radius 1 is 1.16 bits per heavy atom. The molecule has 0 aromatic heterocycles. The van der Waals surface area contributed by atoms with Gasteiger partial charge in [-0.25, -0.2) is 0 Å². The molecule has 2 fully saturated rings. The summed E-state index contributed by atoms with van der Waals surface area (Å²) in [5.41, 5.74) is 1.28. The molecule has 2 heterocycles. The van der Waals surface area contributed by atoms with E-state index in [1.807, 2.05) is 11.0 Å². The van der Waals surface area contributed by atoms with E-state index in [9.17, 15) is 4.79 Å².